The van der Waals surface area contributed by atoms with Gasteiger partial charge in [0.2, 0.25) is 0 Å². The summed E-state index contributed by atoms with van der Waals surface area (Å²) in [6.07, 6.45) is 0. The van der Waals surface area contributed by atoms with Crippen LogP contribution in [0.3, 0.4) is 0 Å². The first-order valence-electron chi connectivity index (χ1n) is 6.20. The average molecular weight is 243 g/mol. The van der Waals surface area contributed by atoms with Gasteiger partial charge in [0, 0.05) is 41.3 Å². The first kappa shape index (κ1) is 11.3. The molecule has 2 heterocycles. The van der Waals surface area contributed by atoms with E-state index in [9.17, 15) is 4.79 Å². The van der Waals surface area contributed by atoms with Gasteiger partial charge in [-0.25, -0.2) is 0 Å². The molecule has 2 aromatic rings. The summed E-state index contributed by atoms with van der Waals surface area (Å²) in [5, 5.41) is 1.13. The van der Waals surface area contributed by atoms with Crippen molar-refractivity contribution in [2.75, 3.05) is 13.1 Å². The quantitative estimate of drug-likeness (QED) is 0.798. The van der Waals surface area contributed by atoms with E-state index < -0.39 is 0 Å². The Morgan fingerprint density at radius 1 is 1.39 bits per heavy atom. The van der Waals surface area contributed by atoms with Crippen molar-refractivity contribution in [1.82, 2.24) is 9.88 Å². The Morgan fingerprint density at radius 2 is 2.11 bits per heavy atom. The molecule has 0 spiro atoms. The molecule has 1 aromatic carbocycles. The SMILES string of the molecule is Cc1[nH]c2ccc(C(=O)N3CC(N)C3)cc2c1C. The van der Waals surface area contributed by atoms with Crippen molar-refractivity contribution in [3.05, 3.63) is 35.0 Å². The number of nitrogens with zero attached hydrogens (tertiary/aromatic N) is 1. The number of fused-ring (bicyclic) bond motifs is 1. The van der Waals surface area contributed by atoms with Crippen molar-refractivity contribution in [2.24, 2.45) is 5.73 Å². The summed E-state index contributed by atoms with van der Waals surface area (Å²) in [7, 11) is 0. The third-order valence-corrected chi connectivity index (χ3v) is 3.75. The Kier molecular flexibility index (Phi) is 2.41. The van der Waals surface area contributed by atoms with E-state index in [0.717, 1.165) is 22.2 Å². The Bertz CT molecular complexity index is 623. The van der Waals surface area contributed by atoms with Crippen LogP contribution in [0.4, 0.5) is 0 Å². The molecule has 4 nitrogen and oxygen atoms in total. The molecule has 94 valence electrons. The van der Waals surface area contributed by atoms with Crippen molar-refractivity contribution in [3.8, 4) is 0 Å². The second kappa shape index (κ2) is 3.85. The van der Waals surface area contributed by atoms with E-state index in [4.69, 9.17) is 5.73 Å². The zero-order valence-electron chi connectivity index (χ0n) is 10.7. The lowest BCUT2D eigenvalue weighted by molar-refractivity contribution is 0.0608. The number of likely N-dealkylation sites (tertiary alicyclic amines) is 1. The number of hydrogen-bond donors (Lipinski definition) is 2. The fraction of sp³-hybridized carbons (Fsp3) is 0.357. The van der Waals surface area contributed by atoms with Gasteiger partial charge in [-0.15, -0.1) is 0 Å². The predicted molar refractivity (Wildman–Crippen MR) is 71.7 cm³/mol. The first-order valence-corrected chi connectivity index (χ1v) is 6.20. The standard InChI is InChI=1S/C14H17N3O/c1-8-9(2)16-13-4-3-10(5-12(8)13)14(18)17-6-11(15)7-17/h3-5,11,16H,6-7,15H2,1-2H3. The van der Waals surface area contributed by atoms with Crippen molar-refractivity contribution in [1.29, 1.82) is 0 Å². The third kappa shape index (κ3) is 1.61. The number of aryl methyl sites for hydroxylation is 2. The number of hydrogen-bond acceptors (Lipinski definition) is 2. The van der Waals surface area contributed by atoms with Gasteiger partial charge in [-0.2, -0.15) is 0 Å². The van der Waals surface area contributed by atoms with Gasteiger partial charge in [0.15, 0.2) is 0 Å². The molecule has 0 atom stereocenters. The highest BCUT2D eigenvalue weighted by molar-refractivity contribution is 5.99. The van der Waals surface area contributed by atoms with Crippen LogP contribution in [0.1, 0.15) is 21.6 Å². The number of carbonyl (C=O) groups is 1. The topological polar surface area (TPSA) is 62.1 Å². The number of nitrogens with two attached hydrogens (primary N) is 1. The lowest BCUT2D eigenvalue weighted by atomic mass is 10.0. The van der Waals surface area contributed by atoms with Crippen LogP contribution in [0.5, 0.6) is 0 Å². The van der Waals surface area contributed by atoms with Crippen LogP contribution in [0.15, 0.2) is 18.2 Å². The van der Waals surface area contributed by atoms with E-state index in [0.29, 0.717) is 13.1 Å². The molecule has 3 rings (SSSR count). The number of benzene rings is 1. The zero-order chi connectivity index (χ0) is 12.9. The molecule has 0 bridgehead atoms. The highest BCUT2D eigenvalue weighted by Gasteiger charge is 2.28. The van der Waals surface area contributed by atoms with Crippen molar-refractivity contribution < 1.29 is 4.79 Å². The number of amides is 1. The molecule has 1 aliphatic heterocycles. The summed E-state index contributed by atoms with van der Waals surface area (Å²) in [5.74, 6) is 0.0804. The Labute approximate surface area is 106 Å². The molecule has 0 aliphatic carbocycles. The molecule has 1 aromatic heterocycles. The minimum atomic E-state index is 0.0804. The van der Waals surface area contributed by atoms with Crippen LogP contribution in [0, 0.1) is 13.8 Å². The van der Waals surface area contributed by atoms with Gasteiger partial charge in [0.1, 0.15) is 0 Å². The molecular weight excluding hydrogens is 226 g/mol. The largest absolute Gasteiger partial charge is 0.358 e. The number of H-pyrrole nitrogens is 1. The smallest absolute Gasteiger partial charge is 0.253 e. The number of aromatic nitrogens is 1. The van der Waals surface area contributed by atoms with E-state index in [1.165, 1.54) is 5.56 Å². The molecule has 0 saturated carbocycles. The third-order valence-electron chi connectivity index (χ3n) is 3.75. The minimum Gasteiger partial charge on any atom is -0.358 e. The van der Waals surface area contributed by atoms with Crippen LogP contribution in [0.25, 0.3) is 10.9 Å². The van der Waals surface area contributed by atoms with E-state index in [1.54, 1.807) is 4.90 Å². The van der Waals surface area contributed by atoms with Crippen LogP contribution >= 0.6 is 0 Å². The van der Waals surface area contributed by atoms with Gasteiger partial charge >= 0.3 is 0 Å². The van der Waals surface area contributed by atoms with Crippen LogP contribution in [0.2, 0.25) is 0 Å². The van der Waals surface area contributed by atoms with Gasteiger partial charge in [0.25, 0.3) is 5.91 Å². The molecule has 4 heteroatoms. The number of carbonyl (C=O) groups excluding carboxylic acids is 1. The molecule has 0 unspecified atom stereocenters. The predicted octanol–water partition coefficient (Wildman–Crippen LogP) is 1.57. The van der Waals surface area contributed by atoms with Gasteiger partial charge in [-0.1, -0.05) is 0 Å². The summed E-state index contributed by atoms with van der Waals surface area (Å²) in [4.78, 5) is 17.3. The van der Waals surface area contributed by atoms with Crippen LogP contribution < -0.4 is 5.73 Å². The van der Waals surface area contributed by atoms with Gasteiger partial charge in [0.05, 0.1) is 0 Å². The molecule has 1 aliphatic rings. The number of rotatable bonds is 1. The second-order valence-electron chi connectivity index (χ2n) is 5.11. The summed E-state index contributed by atoms with van der Waals surface area (Å²) in [5.41, 5.74) is 9.90. The van der Waals surface area contributed by atoms with Gasteiger partial charge in [-0.3, -0.25) is 4.79 Å². The zero-order valence-corrected chi connectivity index (χ0v) is 10.7. The number of nitrogens with one attached hydrogen (secondary N) is 1. The molecule has 0 radical (unpaired) electrons. The Morgan fingerprint density at radius 3 is 2.78 bits per heavy atom. The van der Waals surface area contributed by atoms with Crippen molar-refractivity contribution >= 4 is 16.8 Å². The molecule has 3 N–H and O–H groups in total. The molecule has 18 heavy (non-hydrogen) atoms. The Balaban J connectivity index is 1.97. The van der Waals surface area contributed by atoms with E-state index in [-0.39, 0.29) is 11.9 Å². The summed E-state index contributed by atoms with van der Waals surface area (Å²) < 4.78 is 0. The van der Waals surface area contributed by atoms with Crippen LogP contribution in [-0.2, 0) is 0 Å². The maximum absolute atomic E-state index is 12.2. The summed E-state index contributed by atoms with van der Waals surface area (Å²) >= 11 is 0. The molecule has 1 fully saturated rings. The minimum absolute atomic E-state index is 0.0804. The van der Waals surface area contributed by atoms with Gasteiger partial charge in [-0.05, 0) is 37.6 Å². The highest BCUT2D eigenvalue weighted by atomic mass is 16.2. The fourth-order valence-corrected chi connectivity index (χ4v) is 2.46. The Hall–Kier alpha value is -1.81. The molecular formula is C14H17N3O. The number of aromatic amines is 1. The maximum Gasteiger partial charge on any atom is 0.253 e. The first-order chi connectivity index (χ1) is 8.56. The monoisotopic (exact) mass is 243 g/mol. The van der Waals surface area contributed by atoms with E-state index >= 15 is 0 Å². The summed E-state index contributed by atoms with van der Waals surface area (Å²) in [6.45, 7) is 5.46. The highest BCUT2D eigenvalue weighted by Crippen LogP contribution is 2.23. The summed E-state index contributed by atoms with van der Waals surface area (Å²) in [6, 6.07) is 5.97. The van der Waals surface area contributed by atoms with Crippen molar-refractivity contribution in [3.63, 3.8) is 0 Å². The van der Waals surface area contributed by atoms with Crippen LogP contribution in [-0.4, -0.2) is 34.9 Å². The maximum atomic E-state index is 12.2. The lowest BCUT2D eigenvalue weighted by Crippen LogP contribution is -2.57. The average Bonchev–Trinajstić information content (AvgIpc) is 2.60. The second-order valence-corrected chi connectivity index (χ2v) is 5.11. The molecule has 1 saturated heterocycles. The molecule has 1 amide bonds. The van der Waals surface area contributed by atoms with Gasteiger partial charge < -0.3 is 15.6 Å². The van der Waals surface area contributed by atoms with E-state index in [2.05, 4.69) is 11.9 Å². The fourth-order valence-electron chi connectivity index (χ4n) is 2.46. The lowest BCUT2D eigenvalue weighted by Gasteiger charge is -2.36. The normalized spacial score (nSPS) is 16.1. The van der Waals surface area contributed by atoms with Crippen molar-refractivity contribution in [2.45, 2.75) is 19.9 Å². The van der Waals surface area contributed by atoms with E-state index in [1.807, 2.05) is 25.1 Å².